The van der Waals surface area contributed by atoms with Crippen molar-refractivity contribution in [2.24, 2.45) is 5.73 Å². The predicted molar refractivity (Wildman–Crippen MR) is 131 cm³/mol. The van der Waals surface area contributed by atoms with Crippen molar-refractivity contribution in [1.82, 2.24) is 19.5 Å². The van der Waals surface area contributed by atoms with E-state index in [1.54, 1.807) is 18.2 Å². The average molecular weight is 481 g/mol. The summed E-state index contributed by atoms with van der Waals surface area (Å²) in [6, 6.07) is 7.03. The minimum atomic E-state index is -0.239. The zero-order valence-corrected chi connectivity index (χ0v) is 20.2. The maximum Gasteiger partial charge on any atom is 0.256 e. The van der Waals surface area contributed by atoms with Gasteiger partial charge in [0.1, 0.15) is 0 Å². The predicted octanol–water partition coefficient (Wildman–Crippen LogP) is 4.22. The molecule has 9 heteroatoms. The molecule has 3 N–H and O–H groups in total. The number of benzene rings is 1. The topological polar surface area (TPSA) is 106 Å². The summed E-state index contributed by atoms with van der Waals surface area (Å²) in [6.07, 6.45) is 6.68. The van der Waals surface area contributed by atoms with Crippen molar-refractivity contribution < 1.29 is 9.59 Å². The van der Waals surface area contributed by atoms with Gasteiger partial charge in [-0.1, -0.05) is 11.6 Å². The quantitative estimate of drug-likeness (QED) is 0.581. The van der Waals surface area contributed by atoms with E-state index >= 15 is 0 Å². The lowest BCUT2D eigenvalue weighted by Crippen LogP contribution is -2.39. The summed E-state index contributed by atoms with van der Waals surface area (Å²) in [4.78, 5) is 32.1. The number of hydrogen-bond donors (Lipinski definition) is 2. The van der Waals surface area contributed by atoms with E-state index in [9.17, 15) is 9.59 Å². The Labute approximate surface area is 203 Å². The Hall–Kier alpha value is -2.97. The van der Waals surface area contributed by atoms with Gasteiger partial charge in [0.25, 0.3) is 5.91 Å². The zero-order valence-electron chi connectivity index (χ0n) is 19.4. The van der Waals surface area contributed by atoms with Gasteiger partial charge >= 0.3 is 0 Å². The Morgan fingerprint density at radius 1 is 1.21 bits per heavy atom. The number of nitrogens with one attached hydrogen (secondary N) is 1. The van der Waals surface area contributed by atoms with Crippen LogP contribution in [0.1, 0.15) is 78.3 Å². The molecule has 2 amide bonds. The van der Waals surface area contributed by atoms with Crippen LogP contribution in [0.3, 0.4) is 0 Å². The van der Waals surface area contributed by atoms with Crippen LogP contribution in [0.15, 0.2) is 30.5 Å². The number of fused-ring (bicyclic) bond motifs is 1. The fourth-order valence-electron chi connectivity index (χ4n) is 5.13. The Balaban J connectivity index is 1.48. The number of likely N-dealkylation sites (tertiary alicyclic amines) is 1. The Bertz CT molecular complexity index is 1270. The summed E-state index contributed by atoms with van der Waals surface area (Å²) in [5.74, 6) is -0.000918. The number of nitrogens with two attached hydrogens (primary N) is 1. The number of piperidine rings is 1. The van der Waals surface area contributed by atoms with Crippen LogP contribution in [0, 0.1) is 6.92 Å². The molecule has 178 valence electrons. The highest BCUT2D eigenvalue weighted by Gasteiger charge is 2.33. The molecule has 0 unspecified atom stereocenters. The van der Waals surface area contributed by atoms with E-state index in [4.69, 9.17) is 27.4 Å². The minimum absolute atomic E-state index is 0.165. The van der Waals surface area contributed by atoms with Crippen LogP contribution < -0.4 is 11.1 Å². The molecule has 0 bridgehead atoms. The second-order valence-corrected chi connectivity index (χ2v) is 9.93. The van der Waals surface area contributed by atoms with E-state index in [1.165, 1.54) is 6.92 Å². The van der Waals surface area contributed by atoms with E-state index in [-0.39, 0.29) is 23.9 Å². The Morgan fingerprint density at radius 2 is 2.00 bits per heavy atom. The van der Waals surface area contributed by atoms with Crippen molar-refractivity contribution in [2.75, 3.05) is 11.9 Å². The van der Waals surface area contributed by atoms with Gasteiger partial charge in [-0.25, -0.2) is 9.50 Å². The van der Waals surface area contributed by atoms with Crippen molar-refractivity contribution in [3.8, 4) is 0 Å². The van der Waals surface area contributed by atoms with Gasteiger partial charge in [0.15, 0.2) is 5.65 Å². The SMILES string of the molecule is CC(=O)Nc1ccc(Cl)cc1C(=O)N1CCCC[C@H]1c1cc2nc(C3CC(N)C3)c(C)cn2n1. The van der Waals surface area contributed by atoms with Crippen LogP contribution in [0.4, 0.5) is 5.69 Å². The number of rotatable bonds is 4. The highest BCUT2D eigenvalue weighted by atomic mass is 35.5. The third-order valence-electron chi connectivity index (χ3n) is 6.88. The molecule has 1 saturated carbocycles. The lowest BCUT2D eigenvalue weighted by Gasteiger charge is -2.35. The van der Waals surface area contributed by atoms with Gasteiger partial charge in [0.05, 0.1) is 28.7 Å². The number of amides is 2. The second kappa shape index (κ2) is 9.00. The number of nitrogens with zero attached hydrogens (tertiary/aromatic N) is 4. The number of halogens is 1. The first kappa shape index (κ1) is 22.8. The van der Waals surface area contributed by atoms with Crippen LogP contribution in [-0.4, -0.2) is 43.9 Å². The third kappa shape index (κ3) is 4.28. The standard InChI is InChI=1S/C25H29ClN6O2/c1-14-13-32-23(29-24(14)16-9-18(27)10-16)12-21(30-32)22-5-3-4-8-31(22)25(34)19-11-17(26)6-7-20(19)28-15(2)33/h6-7,11-13,16,18,22H,3-5,8-10,27H2,1-2H3,(H,28,33)/t16?,18?,22-/m0/s1. The first-order chi connectivity index (χ1) is 16.3. The van der Waals surface area contributed by atoms with Crippen molar-refractivity contribution in [3.05, 3.63) is 58.0 Å². The van der Waals surface area contributed by atoms with Gasteiger partial charge in [-0.3, -0.25) is 9.59 Å². The molecule has 1 atom stereocenters. The largest absolute Gasteiger partial charge is 0.330 e. The summed E-state index contributed by atoms with van der Waals surface area (Å²) in [6.45, 7) is 4.09. The summed E-state index contributed by atoms with van der Waals surface area (Å²) in [5.41, 5.74) is 10.7. The molecule has 1 aliphatic carbocycles. The lowest BCUT2D eigenvalue weighted by molar-refractivity contribution is -0.114. The number of aromatic nitrogens is 3. The molecule has 1 aromatic carbocycles. The smallest absolute Gasteiger partial charge is 0.256 e. The summed E-state index contributed by atoms with van der Waals surface area (Å²) in [7, 11) is 0. The molecule has 2 aliphatic rings. The monoisotopic (exact) mass is 480 g/mol. The fraction of sp³-hybridized carbons (Fsp3) is 0.440. The number of aryl methyl sites for hydroxylation is 1. The molecular weight excluding hydrogens is 452 g/mol. The number of anilines is 1. The van der Waals surface area contributed by atoms with E-state index in [2.05, 4.69) is 12.2 Å². The summed E-state index contributed by atoms with van der Waals surface area (Å²) in [5, 5.41) is 8.01. The normalized spacial score (nSPS) is 22.5. The molecule has 3 heterocycles. The molecule has 2 aromatic heterocycles. The van der Waals surface area contributed by atoms with Crippen molar-refractivity contribution >= 4 is 34.7 Å². The highest BCUT2D eigenvalue weighted by Crippen LogP contribution is 2.37. The zero-order chi connectivity index (χ0) is 24.0. The van der Waals surface area contributed by atoms with Crippen molar-refractivity contribution in [2.45, 2.75) is 64.0 Å². The number of carbonyl (C=O) groups excluding carboxylic acids is 2. The van der Waals surface area contributed by atoms with Crippen molar-refractivity contribution in [1.29, 1.82) is 0 Å². The molecule has 34 heavy (non-hydrogen) atoms. The number of carbonyl (C=O) groups is 2. The van der Waals surface area contributed by atoms with Gasteiger partial charge in [-0.15, -0.1) is 0 Å². The molecule has 0 spiro atoms. The molecule has 5 rings (SSSR count). The molecular formula is C25H29ClN6O2. The van der Waals surface area contributed by atoms with Crippen LogP contribution >= 0.6 is 11.6 Å². The van der Waals surface area contributed by atoms with E-state index in [0.29, 0.717) is 28.7 Å². The first-order valence-corrected chi connectivity index (χ1v) is 12.2. The maximum atomic E-state index is 13.7. The highest BCUT2D eigenvalue weighted by molar-refractivity contribution is 6.31. The minimum Gasteiger partial charge on any atom is -0.330 e. The van der Waals surface area contributed by atoms with Gasteiger partial charge < -0.3 is 16.0 Å². The van der Waals surface area contributed by atoms with Gasteiger partial charge in [0.2, 0.25) is 5.91 Å². The maximum absolute atomic E-state index is 13.7. The van der Waals surface area contributed by atoms with E-state index in [1.807, 2.05) is 21.7 Å². The molecule has 3 aromatic rings. The molecule has 1 aliphatic heterocycles. The summed E-state index contributed by atoms with van der Waals surface area (Å²) < 4.78 is 1.81. The molecule has 2 fully saturated rings. The van der Waals surface area contributed by atoms with Crippen LogP contribution in [0.25, 0.3) is 5.65 Å². The third-order valence-corrected chi connectivity index (χ3v) is 7.11. The first-order valence-electron chi connectivity index (χ1n) is 11.8. The number of hydrogen-bond acceptors (Lipinski definition) is 5. The van der Waals surface area contributed by atoms with Gasteiger partial charge in [-0.05, 0) is 62.8 Å². The van der Waals surface area contributed by atoms with Crippen molar-refractivity contribution in [3.63, 3.8) is 0 Å². The average Bonchev–Trinajstić information content (AvgIpc) is 3.19. The molecule has 8 nitrogen and oxygen atoms in total. The Morgan fingerprint density at radius 3 is 2.74 bits per heavy atom. The van der Waals surface area contributed by atoms with Crippen LogP contribution in [0.5, 0.6) is 0 Å². The van der Waals surface area contributed by atoms with Crippen LogP contribution in [-0.2, 0) is 4.79 Å². The second-order valence-electron chi connectivity index (χ2n) is 9.49. The fourth-order valence-corrected chi connectivity index (χ4v) is 5.30. The summed E-state index contributed by atoms with van der Waals surface area (Å²) >= 11 is 6.21. The lowest BCUT2D eigenvalue weighted by atomic mass is 9.77. The molecule has 1 saturated heterocycles. The van der Waals surface area contributed by atoms with Crippen LogP contribution in [0.2, 0.25) is 5.02 Å². The molecule has 0 radical (unpaired) electrons. The van der Waals surface area contributed by atoms with E-state index in [0.717, 1.165) is 54.7 Å². The van der Waals surface area contributed by atoms with Gasteiger partial charge in [-0.2, -0.15) is 5.10 Å². The van der Waals surface area contributed by atoms with E-state index < -0.39 is 0 Å². The van der Waals surface area contributed by atoms with Gasteiger partial charge in [0, 0.05) is 42.7 Å². The Kier molecular flexibility index (Phi) is 6.04.